The van der Waals surface area contributed by atoms with Crippen LogP contribution in [0, 0.1) is 0 Å². The molecule has 0 aliphatic rings. The number of nitrogens with one attached hydrogen (secondary N) is 1. The third kappa shape index (κ3) is 6.94. The van der Waals surface area contributed by atoms with Gasteiger partial charge in [0.25, 0.3) is 5.91 Å². The van der Waals surface area contributed by atoms with Crippen LogP contribution in [-0.2, 0) is 4.79 Å². The molecule has 0 saturated heterocycles. The Kier molecular flexibility index (Phi) is 7.52. The highest BCUT2D eigenvalue weighted by Crippen LogP contribution is 2.27. The lowest BCUT2D eigenvalue weighted by molar-refractivity contribution is -0.274. The maximum Gasteiger partial charge on any atom is 0.573 e. The number of halogens is 3. The Morgan fingerprint density at radius 3 is 2.05 bits per heavy atom. The second-order valence-corrected chi connectivity index (χ2v) is 8.09. The molecule has 0 spiro atoms. The van der Waals surface area contributed by atoms with Gasteiger partial charge in [-0.1, -0.05) is 60.7 Å². The molecule has 1 atom stereocenters. The maximum absolute atomic E-state index is 13.0. The van der Waals surface area contributed by atoms with Gasteiger partial charge in [0, 0.05) is 5.56 Å². The van der Waals surface area contributed by atoms with E-state index in [-0.39, 0.29) is 17.9 Å². The maximum atomic E-state index is 13.0. The quantitative estimate of drug-likeness (QED) is 0.295. The molecule has 0 aliphatic heterocycles. The summed E-state index contributed by atoms with van der Waals surface area (Å²) in [6.45, 7) is 0. The largest absolute Gasteiger partial charge is 0.573 e. The van der Waals surface area contributed by atoms with Gasteiger partial charge in [-0.2, -0.15) is 0 Å². The number of benzene rings is 3. The molecule has 2 N–H and O–H groups in total. The normalized spacial score (nSPS) is 12.0. The average molecular weight is 506 g/mol. The van der Waals surface area contributed by atoms with Crippen LogP contribution in [0.4, 0.5) is 13.2 Å². The number of carbonyl (C=O) groups is 2. The third-order valence-electron chi connectivity index (χ3n) is 5.47. The average Bonchev–Trinajstić information content (AvgIpc) is 2.88. The Morgan fingerprint density at radius 1 is 0.811 bits per heavy atom. The lowest BCUT2D eigenvalue weighted by atomic mass is 9.99. The summed E-state index contributed by atoms with van der Waals surface area (Å²) in [4.78, 5) is 28.8. The van der Waals surface area contributed by atoms with E-state index in [0.29, 0.717) is 16.8 Å². The van der Waals surface area contributed by atoms with Crippen molar-refractivity contribution < 1.29 is 32.6 Å². The summed E-state index contributed by atoms with van der Waals surface area (Å²) >= 11 is 0. The van der Waals surface area contributed by atoms with Crippen molar-refractivity contribution in [3.8, 4) is 28.1 Å². The lowest BCUT2D eigenvalue weighted by Gasteiger charge is -2.18. The molecule has 0 saturated carbocycles. The van der Waals surface area contributed by atoms with Crippen molar-refractivity contribution >= 4 is 11.9 Å². The molecule has 0 aliphatic carbocycles. The second kappa shape index (κ2) is 10.9. The van der Waals surface area contributed by atoms with E-state index >= 15 is 0 Å². The monoisotopic (exact) mass is 506 g/mol. The minimum absolute atomic E-state index is 0.0319. The highest BCUT2D eigenvalue weighted by atomic mass is 19.4. The Morgan fingerprint density at radius 2 is 1.43 bits per heavy atom. The molecule has 6 nitrogen and oxygen atoms in total. The number of alkyl halides is 3. The number of aliphatic carboxylic acids is 1. The zero-order valence-corrected chi connectivity index (χ0v) is 19.3. The van der Waals surface area contributed by atoms with Crippen molar-refractivity contribution in [3.05, 3.63) is 108 Å². The van der Waals surface area contributed by atoms with E-state index in [0.717, 1.165) is 23.3 Å². The SMILES string of the molecule is O=C(O)CC(NC(=O)c1cccc(-c2ccc(OC(F)(F)F)cc2)n1)c1ccc(-c2ccccc2)cc1. The fourth-order valence-corrected chi connectivity index (χ4v) is 3.75. The number of aromatic nitrogens is 1. The van der Waals surface area contributed by atoms with Crippen LogP contribution in [0.1, 0.15) is 28.5 Å². The number of hydrogen-bond donors (Lipinski definition) is 2. The zero-order chi connectivity index (χ0) is 26.4. The smallest absolute Gasteiger partial charge is 0.481 e. The molecule has 0 radical (unpaired) electrons. The van der Waals surface area contributed by atoms with Crippen molar-refractivity contribution in [1.29, 1.82) is 0 Å². The fourth-order valence-electron chi connectivity index (χ4n) is 3.75. The summed E-state index contributed by atoms with van der Waals surface area (Å²) in [5.74, 6) is -2.04. The first-order valence-corrected chi connectivity index (χ1v) is 11.2. The molecule has 37 heavy (non-hydrogen) atoms. The number of carboxylic acids is 1. The van der Waals surface area contributed by atoms with Gasteiger partial charge < -0.3 is 15.2 Å². The summed E-state index contributed by atoms with van der Waals surface area (Å²) in [6.07, 6.45) is -5.14. The molecule has 0 bridgehead atoms. The van der Waals surface area contributed by atoms with Gasteiger partial charge >= 0.3 is 12.3 Å². The van der Waals surface area contributed by atoms with E-state index in [1.807, 2.05) is 42.5 Å². The Balaban J connectivity index is 1.51. The van der Waals surface area contributed by atoms with E-state index in [2.05, 4.69) is 15.0 Å². The van der Waals surface area contributed by atoms with Gasteiger partial charge in [-0.05, 0) is 53.1 Å². The van der Waals surface area contributed by atoms with Crippen molar-refractivity contribution in [2.24, 2.45) is 0 Å². The number of carbonyl (C=O) groups excluding carboxylic acids is 1. The Labute approximate surface area is 210 Å². The standard InChI is InChI=1S/C28H21F3N2O4/c29-28(30,31)37-22-15-13-20(14-16-22)23-7-4-8-24(32-23)27(36)33-25(17-26(34)35)21-11-9-19(10-12-21)18-5-2-1-3-6-18/h1-16,25H,17H2,(H,33,36)(H,34,35). The molecule has 4 rings (SSSR count). The van der Waals surface area contributed by atoms with Crippen molar-refractivity contribution in [2.45, 2.75) is 18.8 Å². The van der Waals surface area contributed by atoms with E-state index < -0.39 is 24.3 Å². The number of carboxylic acid groups (broad SMARTS) is 1. The molecule has 3 aromatic carbocycles. The molecule has 1 unspecified atom stereocenters. The van der Waals surface area contributed by atoms with E-state index in [1.165, 1.54) is 18.2 Å². The predicted octanol–water partition coefficient (Wildman–Crippen LogP) is 6.26. The number of hydrogen-bond acceptors (Lipinski definition) is 4. The van der Waals surface area contributed by atoms with Crippen molar-refractivity contribution in [3.63, 3.8) is 0 Å². The number of rotatable bonds is 8. The summed E-state index contributed by atoms with van der Waals surface area (Å²) in [6, 6.07) is 25.9. The summed E-state index contributed by atoms with van der Waals surface area (Å²) < 4.78 is 41.1. The second-order valence-electron chi connectivity index (χ2n) is 8.09. The van der Waals surface area contributed by atoms with Crippen LogP contribution in [0.25, 0.3) is 22.4 Å². The van der Waals surface area contributed by atoms with Gasteiger partial charge in [-0.25, -0.2) is 4.98 Å². The first-order chi connectivity index (χ1) is 17.7. The van der Waals surface area contributed by atoms with Crippen LogP contribution in [0.15, 0.2) is 97.1 Å². The number of ether oxygens (including phenoxy) is 1. The summed E-state index contributed by atoms with van der Waals surface area (Å²) in [5, 5.41) is 12.1. The van der Waals surface area contributed by atoms with Gasteiger partial charge in [-0.3, -0.25) is 9.59 Å². The highest BCUT2D eigenvalue weighted by molar-refractivity contribution is 5.93. The minimum atomic E-state index is -4.80. The molecule has 9 heteroatoms. The van der Waals surface area contributed by atoms with Gasteiger partial charge in [0.2, 0.25) is 0 Å². The third-order valence-corrected chi connectivity index (χ3v) is 5.47. The van der Waals surface area contributed by atoms with E-state index in [9.17, 15) is 27.9 Å². The molecular formula is C28H21F3N2O4. The topological polar surface area (TPSA) is 88.5 Å². The Hall–Kier alpha value is -4.66. The van der Waals surface area contributed by atoms with Crippen LogP contribution in [0.2, 0.25) is 0 Å². The van der Waals surface area contributed by atoms with Crippen LogP contribution >= 0.6 is 0 Å². The predicted molar refractivity (Wildman–Crippen MR) is 131 cm³/mol. The molecule has 1 heterocycles. The van der Waals surface area contributed by atoms with Gasteiger partial charge in [0.05, 0.1) is 18.2 Å². The van der Waals surface area contributed by atoms with Crippen LogP contribution in [-0.4, -0.2) is 28.3 Å². The van der Waals surface area contributed by atoms with Crippen molar-refractivity contribution in [2.75, 3.05) is 0 Å². The number of nitrogens with zero attached hydrogens (tertiary/aromatic N) is 1. The summed E-state index contributed by atoms with van der Waals surface area (Å²) in [5.41, 5.74) is 3.44. The van der Waals surface area contributed by atoms with E-state index in [4.69, 9.17) is 0 Å². The van der Waals surface area contributed by atoms with Crippen molar-refractivity contribution in [1.82, 2.24) is 10.3 Å². The first kappa shape index (κ1) is 25.4. The molecule has 0 fully saturated rings. The lowest BCUT2D eigenvalue weighted by Crippen LogP contribution is -2.30. The van der Waals surface area contributed by atoms with Crippen LogP contribution in [0.5, 0.6) is 5.75 Å². The fraction of sp³-hybridized carbons (Fsp3) is 0.107. The first-order valence-electron chi connectivity index (χ1n) is 11.2. The van der Waals surface area contributed by atoms with Gasteiger partial charge in [-0.15, -0.1) is 13.2 Å². The molecule has 188 valence electrons. The molecule has 1 amide bonds. The van der Waals surface area contributed by atoms with Crippen LogP contribution < -0.4 is 10.1 Å². The zero-order valence-electron chi connectivity index (χ0n) is 19.3. The Bertz CT molecular complexity index is 1370. The molecule has 1 aromatic heterocycles. The minimum Gasteiger partial charge on any atom is -0.481 e. The van der Waals surface area contributed by atoms with Gasteiger partial charge in [0.15, 0.2) is 0 Å². The molecule has 4 aromatic rings. The summed E-state index contributed by atoms with van der Waals surface area (Å²) in [7, 11) is 0. The number of pyridine rings is 1. The van der Waals surface area contributed by atoms with Crippen LogP contribution in [0.3, 0.4) is 0 Å². The van der Waals surface area contributed by atoms with E-state index in [1.54, 1.807) is 24.3 Å². The highest BCUT2D eigenvalue weighted by Gasteiger charge is 2.31. The van der Waals surface area contributed by atoms with Gasteiger partial charge in [0.1, 0.15) is 11.4 Å². The molecular weight excluding hydrogens is 485 g/mol. The number of amides is 1.